The lowest BCUT2D eigenvalue weighted by Crippen LogP contribution is -1.99. The Kier molecular flexibility index (Phi) is 1.22. The van der Waals surface area contributed by atoms with Crippen molar-refractivity contribution in [2.45, 2.75) is 0 Å². The van der Waals surface area contributed by atoms with Crippen LogP contribution in [0.3, 0.4) is 0 Å². The molecule has 0 aromatic carbocycles. The van der Waals surface area contributed by atoms with E-state index in [9.17, 15) is 4.79 Å². The molecular weight excluding hydrogens is 166 g/mol. The Bertz CT molecular complexity index is 444. The van der Waals surface area contributed by atoms with Crippen molar-refractivity contribution in [3.8, 4) is 0 Å². The summed E-state index contributed by atoms with van der Waals surface area (Å²) in [6.07, 6.45) is 1.48. The van der Waals surface area contributed by atoms with Crippen LogP contribution in [0.15, 0.2) is 17.1 Å². The van der Waals surface area contributed by atoms with E-state index in [1.54, 1.807) is 6.07 Å². The Hall–Kier alpha value is -1.29. The van der Waals surface area contributed by atoms with E-state index < -0.39 is 0 Å². The fourth-order valence-electron chi connectivity index (χ4n) is 0.895. The van der Waals surface area contributed by atoms with Crippen molar-refractivity contribution in [2.75, 3.05) is 0 Å². The Morgan fingerprint density at radius 1 is 1.45 bits per heavy atom. The lowest BCUT2D eigenvalue weighted by atomic mass is 10.4. The summed E-state index contributed by atoms with van der Waals surface area (Å²) in [6.45, 7) is 0. The van der Waals surface area contributed by atoms with Gasteiger partial charge in [-0.2, -0.15) is 0 Å². The van der Waals surface area contributed by atoms with Gasteiger partial charge in [-0.1, -0.05) is 11.6 Å². The van der Waals surface area contributed by atoms with Crippen LogP contribution in [0.1, 0.15) is 0 Å². The number of aromatic amines is 2. The van der Waals surface area contributed by atoms with Gasteiger partial charge in [0.1, 0.15) is 0 Å². The largest absolute Gasteiger partial charge is 0.325 e. The van der Waals surface area contributed by atoms with Crippen LogP contribution in [0.2, 0.25) is 5.02 Å². The van der Waals surface area contributed by atoms with Crippen molar-refractivity contribution in [3.05, 3.63) is 27.8 Å². The summed E-state index contributed by atoms with van der Waals surface area (Å²) < 4.78 is 0. The number of pyridine rings is 1. The molecule has 5 heteroatoms. The number of nitrogens with zero attached hydrogens (tertiary/aromatic N) is 1. The van der Waals surface area contributed by atoms with Crippen LogP contribution in [0.5, 0.6) is 0 Å². The number of rotatable bonds is 0. The summed E-state index contributed by atoms with van der Waals surface area (Å²) >= 11 is 5.63. The molecule has 0 bridgehead atoms. The van der Waals surface area contributed by atoms with Gasteiger partial charge < -0.3 is 4.98 Å². The molecule has 0 aliphatic rings. The van der Waals surface area contributed by atoms with Crippen molar-refractivity contribution in [3.63, 3.8) is 0 Å². The fourth-order valence-corrected chi connectivity index (χ4v) is 1.05. The molecule has 0 saturated heterocycles. The predicted octanol–water partition coefficient (Wildman–Crippen LogP) is 0.905. The molecule has 56 valence electrons. The van der Waals surface area contributed by atoms with Crippen molar-refractivity contribution >= 4 is 22.8 Å². The number of fused-ring (bicyclic) bond motifs is 1. The highest BCUT2D eigenvalue weighted by Crippen LogP contribution is 2.10. The van der Waals surface area contributed by atoms with E-state index >= 15 is 0 Å². The molecule has 0 aliphatic heterocycles. The van der Waals surface area contributed by atoms with E-state index in [4.69, 9.17) is 11.6 Å². The van der Waals surface area contributed by atoms with Gasteiger partial charge in [0.2, 0.25) is 0 Å². The second-order valence-corrected chi connectivity index (χ2v) is 2.57. The Morgan fingerprint density at radius 2 is 2.27 bits per heavy atom. The van der Waals surface area contributed by atoms with E-state index in [1.807, 2.05) is 0 Å². The molecule has 0 aliphatic carbocycles. The molecule has 0 saturated carbocycles. The zero-order chi connectivity index (χ0) is 7.84. The van der Waals surface area contributed by atoms with Crippen molar-refractivity contribution in [2.24, 2.45) is 0 Å². The van der Waals surface area contributed by atoms with E-state index in [0.29, 0.717) is 16.2 Å². The number of aromatic nitrogens is 3. The van der Waals surface area contributed by atoms with Crippen LogP contribution >= 0.6 is 11.6 Å². The number of nitrogens with one attached hydrogen (secondary N) is 2. The highest BCUT2D eigenvalue weighted by molar-refractivity contribution is 6.30. The second-order valence-electron chi connectivity index (χ2n) is 2.13. The molecule has 0 amide bonds. The molecule has 0 fully saturated rings. The number of H-pyrrole nitrogens is 2. The maximum Gasteiger partial charge on any atom is 0.325 e. The predicted molar refractivity (Wildman–Crippen MR) is 41.7 cm³/mol. The van der Waals surface area contributed by atoms with E-state index in [2.05, 4.69) is 15.0 Å². The van der Waals surface area contributed by atoms with Crippen LogP contribution in [0.25, 0.3) is 11.2 Å². The number of hydrogen-bond acceptors (Lipinski definition) is 2. The third-order valence-corrected chi connectivity index (χ3v) is 1.54. The second kappa shape index (κ2) is 2.10. The average Bonchev–Trinajstić information content (AvgIpc) is 2.27. The van der Waals surface area contributed by atoms with E-state index in [0.717, 1.165) is 0 Å². The number of halogens is 1. The zero-order valence-corrected chi connectivity index (χ0v) is 6.14. The lowest BCUT2D eigenvalue weighted by molar-refractivity contribution is 1.20. The molecule has 0 spiro atoms. The Labute approximate surface area is 66.2 Å². The highest BCUT2D eigenvalue weighted by Gasteiger charge is 1.97. The van der Waals surface area contributed by atoms with Crippen molar-refractivity contribution in [1.82, 2.24) is 15.0 Å². The third-order valence-electron chi connectivity index (χ3n) is 1.33. The summed E-state index contributed by atoms with van der Waals surface area (Å²) in [6, 6.07) is 1.64. The minimum absolute atomic E-state index is 0.269. The molecule has 2 rings (SSSR count). The van der Waals surface area contributed by atoms with E-state index in [1.165, 1.54) is 6.20 Å². The summed E-state index contributed by atoms with van der Waals surface area (Å²) in [5.74, 6) is 0. The van der Waals surface area contributed by atoms with Gasteiger partial charge >= 0.3 is 5.69 Å². The minimum Gasteiger partial charge on any atom is -0.304 e. The first-order chi connectivity index (χ1) is 5.25. The molecule has 4 nitrogen and oxygen atoms in total. The van der Waals surface area contributed by atoms with Gasteiger partial charge in [0.05, 0.1) is 10.5 Å². The molecular formula is C6H4ClN3O. The molecule has 0 radical (unpaired) electrons. The first kappa shape index (κ1) is 6.42. The smallest absolute Gasteiger partial charge is 0.304 e. The first-order valence-electron chi connectivity index (χ1n) is 2.99. The SMILES string of the molecule is O=c1[nH]c2cc(Cl)cnc2[nH]1. The molecule has 0 unspecified atom stereocenters. The summed E-state index contributed by atoms with van der Waals surface area (Å²) in [5, 5.41) is 0.507. The molecule has 0 atom stereocenters. The maximum absolute atomic E-state index is 10.7. The monoisotopic (exact) mass is 169 g/mol. The van der Waals surface area contributed by atoms with Crippen LogP contribution in [0.4, 0.5) is 0 Å². The Morgan fingerprint density at radius 3 is 3.09 bits per heavy atom. The van der Waals surface area contributed by atoms with Crippen molar-refractivity contribution in [1.29, 1.82) is 0 Å². The van der Waals surface area contributed by atoms with Gasteiger partial charge in [0.15, 0.2) is 5.65 Å². The van der Waals surface area contributed by atoms with Crippen molar-refractivity contribution < 1.29 is 0 Å². The molecule has 2 aromatic rings. The molecule has 2 N–H and O–H groups in total. The average molecular weight is 170 g/mol. The van der Waals surface area contributed by atoms with Gasteiger partial charge in [-0.3, -0.25) is 4.98 Å². The van der Waals surface area contributed by atoms with Gasteiger partial charge in [-0.05, 0) is 6.07 Å². The van der Waals surface area contributed by atoms with Crippen LogP contribution in [0, 0.1) is 0 Å². The van der Waals surface area contributed by atoms with Gasteiger partial charge in [-0.15, -0.1) is 0 Å². The number of imidazole rings is 1. The molecule has 2 heterocycles. The minimum atomic E-state index is -0.269. The topological polar surface area (TPSA) is 61.5 Å². The normalized spacial score (nSPS) is 10.6. The Balaban J connectivity index is 2.92. The van der Waals surface area contributed by atoms with Gasteiger partial charge in [0, 0.05) is 6.20 Å². The fraction of sp³-hybridized carbons (Fsp3) is 0. The quantitative estimate of drug-likeness (QED) is 0.616. The van der Waals surface area contributed by atoms with Gasteiger partial charge in [0.25, 0.3) is 0 Å². The standard InChI is InChI=1S/C6H4ClN3O/c7-3-1-4-5(8-2-3)10-6(11)9-4/h1-2H,(H2,8,9,10,11). The van der Waals surface area contributed by atoms with E-state index in [-0.39, 0.29) is 5.69 Å². The van der Waals surface area contributed by atoms with Gasteiger partial charge in [-0.25, -0.2) is 9.78 Å². The summed E-state index contributed by atoms with van der Waals surface area (Å²) in [4.78, 5) is 19.6. The summed E-state index contributed by atoms with van der Waals surface area (Å²) in [7, 11) is 0. The number of hydrogen-bond donors (Lipinski definition) is 2. The summed E-state index contributed by atoms with van der Waals surface area (Å²) in [5.41, 5.74) is 0.886. The van der Waals surface area contributed by atoms with Crippen LogP contribution in [-0.4, -0.2) is 15.0 Å². The van der Waals surface area contributed by atoms with Crippen LogP contribution in [-0.2, 0) is 0 Å². The zero-order valence-electron chi connectivity index (χ0n) is 5.39. The molecule has 2 aromatic heterocycles. The first-order valence-corrected chi connectivity index (χ1v) is 3.37. The highest BCUT2D eigenvalue weighted by atomic mass is 35.5. The van der Waals surface area contributed by atoms with Crippen LogP contribution < -0.4 is 5.69 Å². The maximum atomic E-state index is 10.7. The molecule has 11 heavy (non-hydrogen) atoms. The third kappa shape index (κ3) is 1.01. The lowest BCUT2D eigenvalue weighted by Gasteiger charge is -1.86.